The lowest BCUT2D eigenvalue weighted by Gasteiger charge is -2.23. The van der Waals surface area contributed by atoms with Gasteiger partial charge in [0.2, 0.25) is 11.8 Å². The van der Waals surface area contributed by atoms with Crippen LogP contribution in [0, 0.1) is 5.82 Å². The lowest BCUT2D eigenvalue weighted by molar-refractivity contribution is -0.124. The number of nitrogens with zero attached hydrogens (tertiary/aromatic N) is 3. The van der Waals surface area contributed by atoms with Crippen molar-refractivity contribution in [1.29, 1.82) is 0 Å². The van der Waals surface area contributed by atoms with Crippen molar-refractivity contribution in [2.45, 2.75) is 19.3 Å². The molecule has 0 aliphatic carbocycles. The van der Waals surface area contributed by atoms with Gasteiger partial charge in [-0.3, -0.25) is 14.5 Å². The highest BCUT2D eigenvalue weighted by atomic mass is 19.1. The number of hydrogen-bond donors (Lipinski definition) is 1. The van der Waals surface area contributed by atoms with Crippen molar-refractivity contribution in [1.82, 2.24) is 9.55 Å². The predicted molar refractivity (Wildman–Crippen MR) is 142 cm³/mol. The van der Waals surface area contributed by atoms with E-state index in [0.29, 0.717) is 29.9 Å². The quantitative estimate of drug-likeness (QED) is 0.309. The van der Waals surface area contributed by atoms with Crippen LogP contribution in [0.1, 0.15) is 17.8 Å². The fourth-order valence-corrected chi connectivity index (χ4v) is 4.86. The SMILES string of the molecule is O=C1CC(=O)N(c2ccc(-n3ccnc3CCc3cccc(F)c3)cc2)c2ccc3ccccc3c2N1. The van der Waals surface area contributed by atoms with Gasteiger partial charge in [-0.2, -0.15) is 0 Å². The zero-order valence-corrected chi connectivity index (χ0v) is 19.9. The van der Waals surface area contributed by atoms with Gasteiger partial charge in [-0.1, -0.05) is 42.5 Å². The highest BCUT2D eigenvalue weighted by molar-refractivity contribution is 6.21. The van der Waals surface area contributed by atoms with Crippen molar-refractivity contribution in [3.8, 4) is 5.69 Å². The average Bonchev–Trinajstić information content (AvgIpc) is 3.33. The summed E-state index contributed by atoms with van der Waals surface area (Å²) >= 11 is 0. The molecule has 0 radical (unpaired) electrons. The van der Waals surface area contributed by atoms with E-state index in [-0.39, 0.29) is 24.1 Å². The molecule has 2 heterocycles. The van der Waals surface area contributed by atoms with E-state index in [1.165, 1.54) is 6.07 Å². The number of fused-ring (bicyclic) bond motifs is 3. The standard InChI is InChI=1S/C30H23FN4O2/c31-22-6-3-4-20(18-22)8-15-27-32-16-17-34(27)23-10-12-24(13-11-23)35-26-14-9-21-5-1-2-7-25(21)30(26)33-28(36)19-29(35)37/h1-7,9-14,16-18H,8,15,19H2,(H,33,36). The van der Waals surface area contributed by atoms with Crippen LogP contribution in [0.25, 0.3) is 16.5 Å². The Morgan fingerprint density at radius 3 is 2.51 bits per heavy atom. The number of imidazole rings is 1. The summed E-state index contributed by atoms with van der Waals surface area (Å²) in [5, 5.41) is 4.79. The Labute approximate surface area is 213 Å². The molecule has 5 aromatic rings. The van der Waals surface area contributed by atoms with Gasteiger partial charge in [0.15, 0.2) is 0 Å². The molecular formula is C30H23FN4O2. The van der Waals surface area contributed by atoms with Crippen LogP contribution in [0.5, 0.6) is 0 Å². The summed E-state index contributed by atoms with van der Waals surface area (Å²) < 4.78 is 15.5. The smallest absolute Gasteiger partial charge is 0.241 e. The van der Waals surface area contributed by atoms with E-state index in [2.05, 4.69) is 10.3 Å². The second-order valence-electron chi connectivity index (χ2n) is 8.99. The van der Waals surface area contributed by atoms with Gasteiger partial charge in [0.1, 0.15) is 18.1 Å². The summed E-state index contributed by atoms with van der Waals surface area (Å²) in [5.41, 5.74) is 3.75. The molecule has 1 aromatic heterocycles. The summed E-state index contributed by atoms with van der Waals surface area (Å²) in [4.78, 5) is 31.8. The van der Waals surface area contributed by atoms with E-state index in [1.807, 2.05) is 77.5 Å². The molecule has 0 saturated heterocycles. The summed E-state index contributed by atoms with van der Waals surface area (Å²) in [7, 11) is 0. The zero-order valence-electron chi connectivity index (χ0n) is 19.9. The maximum Gasteiger partial charge on any atom is 0.241 e. The average molecular weight is 491 g/mol. The summed E-state index contributed by atoms with van der Waals surface area (Å²) in [6.45, 7) is 0. The van der Waals surface area contributed by atoms with Gasteiger partial charge >= 0.3 is 0 Å². The molecule has 0 saturated carbocycles. The van der Waals surface area contributed by atoms with E-state index >= 15 is 0 Å². The monoisotopic (exact) mass is 490 g/mol. The number of rotatable bonds is 5. The van der Waals surface area contributed by atoms with Gasteiger partial charge in [-0.05, 0) is 59.8 Å². The number of halogens is 1. The summed E-state index contributed by atoms with van der Waals surface area (Å²) in [5.74, 6) is -0.0128. The number of aryl methyl sites for hydroxylation is 2. The first-order chi connectivity index (χ1) is 18.1. The molecule has 0 bridgehead atoms. The fraction of sp³-hybridized carbons (Fsp3) is 0.100. The Bertz CT molecular complexity index is 1640. The lowest BCUT2D eigenvalue weighted by atomic mass is 10.1. The fourth-order valence-electron chi connectivity index (χ4n) is 4.86. The van der Waals surface area contributed by atoms with Gasteiger partial charge in [0.25, 0.3) is 0 Å². The molecule has 0 atom stereocenters. The Hall–Kier alpha value is -4.78. The van der Waals surface area contributed by atoms with E-state index in [4.69, 9.17) is 0 Å². The molecule has 1 N–H and O–H groups in total. The Morgan fingerprint density at radius 1 is 0.865 bits per heavy atom. The molecule has 2 amide bonds. The van der Waals surface area contributed by atoms with Crippen LogP contribution in [-0.2, 0) is 22.4 Å². The largest absolute Gasteiger partial charge is 0.323 e. The molecule has 37 heavy (non-hydrogen) atoms. The van der Waals surface area contributed by atoms with Crippen LogP contribution >= 0.6 is 0 Å². The van der Waals surface area contributed by atoms with Crippen LogP contribution in [0.2, 0.25) is 0 Å². The molecule has 4 aromatic carbocycles. The number of benzene rings is 4. The third-order valence-corrected chi connectivity index (χ3v) is 6.60. The summed E-state index contributed by atoms with van der Waals surface area (Å²) in [6.07, 6.45) is 4.71. The van der Waals surface area contributed by atoms with Crippen molar-refractivity contribution in [2.75, 3.05) is 10.2 Å². The number of hydrogen-bond acceptors (Lipinski definition) is 3. The third-order valence-electron chi connectivity index (χ3n) is 6.60. The van der Waals surface area contributed by atoms with Gasteiger partial charge < -0.3 is 9.88 Å². The second-order valence-corrected chi connectivity index (χ2v) is 8.99. The van der Waals surface area contributed by atoms with Crippen LogP contribution in [0.15, 0.2) is 97.3 Å². The Morgan fingerprint density at radius 2 is 1.68 bits per heavy atom. The number of aromatic nitrogens is 2. The van der Waals surface area contributed by atoms with E-state index in [1.54, 1.807) is 23.2 Å². The van der Waals surface area contributed by atoms with Gasteiger partial charge in [-0.25, -0.2) is 9.37 Å². The van der Waals surface area contributed by atoms with E-state index in [0.717, 1.165) is 27.8 Å². The normalized spacial score (nSPS) is 13.4. The molecule has 7 heteroatoms. The van der Waals surface area contributed by atoms with Crippen molar-refractivity contribution in [2.24, 2.45) is 0 Å². The topological polar surface area (TPSA) is 67.2 Å². The number of nitrogens with one attached hydrogen (secondary N) is 1. The minimum Gasteiger partial charge on any atom is -0.323 e. The summed E-state index contributed by atoms with van der Waals surface area (Å²) in [6, 6.07) is 25.8. The first-order valence-electron chi connectivity index (χ1n) is 12.1. The Kier molecular flexibility index (Phi) is 5.73. The van der Waals surface area contributed by atoms with E-state index < -0.39 is 0 Å². The molecule has 0 spiro atoms. The number of amides is 2. The van der Waals surface area contributed by atoms with Crippen molar-refractivity contribution in [3.63, 3.8) is 0 Å². The van der Waals surface area contributed by atoms with Crippen LogP contribution in [0.3, 0.4) is 0 Å². The highest BCUT2D eigenvalue weighted by Gasteiger charge is 2.28. The third kappa shape index (κ3) is 4.36. The Balaban J connectivity index is 1.32. The second kappa shape index (κ2) is 9.35. The highest BCUT2D eigenvalue weighted by Crippen LogP contribution is 2.40. The van der Waals surface area contributed by atoms with E-state index in [9.17, 15) is 14.0 Å². The number of anilines is 3. The minimum atomic E-state index is -0.330. The maximum absolute atomic E-state index is 13.5. The maximum atomic E-state index is 13.5. The molecule has 0 fully saturated rings. The van der Waals surface area contributed by atoms with Gasteiger partial charge in [0.05, 0.1) is 11.4 Å². The molecule has 0 unspecified atom stereocenters. The van der Waals surface area contributed by atoms with Crippen LogP contribution in [-0.4, -0.2) is 21.4 Å². The van der Waals surface area contributed by atoms with Crippen molar-refractivity contribution < 1.29 is 14.0 Å². The molecule has 1 aliphatic rings. The zero-order chi connectivity index (χ0) is 25.4. The lowest BCUT2D eigenvalue weighted by Crippen LogP contribution is -2.26. The first kappa shape index (κ1) is 22.7. The van der Waals surface area contributed by atoms with Gasteiger partial charge in [-0.15, -0.1) is 0 Å². The number of carbonyl (C=O) groups excluding carboxylic acids is 2. The van der Waals surface area contributed by atoms with Gasteiger partial charge in [0, 0.05) is 35.6 Å². The van der Waals surface area contributed by atoms with Crippen LogP contribution < -0.4 is 10.2 Å². The van der Waals surface area contributed by atoms with Crippen molar-refractivity contribution in [3.05, 3.63) is 115 Å². The van der Waals surface area contributed by atoms with Crippen molar-refractivity contribution >= 4 is 39.6 Å². The molecule has 6 nitrogen and oxygen atoms in total. The molecule has 1 aliphatic heterocycles. The molecular weight excluding hydrogens is 467 g/mol. The molecule has 182 valence electrons. The predicted octanol–water partition coefficient (Wildman–Crippen LogP) is 5.96. The molecule has 6 rings (SSSR count). The minimum absolute atomic E-state index is 0.240. The number of carbonyl (C=O) groups is 2. The van der Waals surface area contributed by atoms with Crippen LogP contribution in [0.4, 0.5) is 21.5 Å². The first-order valence-corrected chi connectivity index (χ1v) is 12.1.